The van der Waals surface area contributed by atoms with Gasteiger partial charge in [0.15, 0.2) is 0 Å². The number of amidine groups is 1. The fraction of sp³-hybridized carbons (Fsp3) is 0.444. The van der Waals surface area contributed by atoms with Crippen LogP contribution >= 0.6 is 0 Å². The first-order chi connectivity index (χ1) is 16.3. The zero-order valence-electron chi connectivity index (χ0n) is 20.1. The van der Waals surface area contributed by atoms with Crippen molar-refractivity contribution in [2.75, 3.05) is 6.54 Å². The van der Waals surface area contributed by atoms with E-state index in [2.05, 4.69) is 23.7 Å². The van der Waals surface area contributed by atoms with Gasteiger partial charge in [0.25, 0.3) is 5.56 Å². The van der Waals surface area contributed by atoms with Crippen molar-refractivity contribution in [3.63, 3.8) is 0 Å². The molecule has 3 aromatic rings. The Morgan fingerprint density at radius 3 is 2.56 bits per heavy atom. The number of nitrogen functional groups attached to an aromatic ring is 1. The minimum absolute atomic E-state index is 0.0672. The highest BCUT2D eigenvalue weighted by atomic mass is 19.1. The number of hydrogen-bond donors (Lipinski definition) is 2. The number of nitrogens with two attached hydrogens (primary N) is 1. The summed E-state index contributed by atoms with van der Waals surface area (Å²) >= 11 is 0. The summed E-state index contributed by atoms with van der Waals surface area (Å²) in [6.07, 6.45) is 6.75. The molecule has 1 aliphatic rings. The van der Waals surface area contributed by atoms with E-state index in [1.165, 1.54) is 31.4 Å². The average molecular weight is 464 g/mol. The molecule has 0 amide bonds. The fourth-order valence-electron chi connectivity index (χ4n) is 5.11. The fourth-order valence-corrected chi connectivity index (χ4v) is 5.11. The van der Waals surface area contributed by atoms with Gasteiger partial charge in [-0.3, -0.25) is 15.1 Å². The van der Waals surface area contributed by atoms with E-state index in [1.807, 2.05) is 0 Å². The molecule has 2 heterocycles. The number of benzene rings is 2. The van der Waals surface area contributed by atoms with Crippen molar-refractivity contribution in [3.05, 3.63) is 64.2 Å². The molecule has 0 saturated carbocycles. The summed E-state index contributed by atoms with van der Waals surface area (Å²) in [4.78, 5) is 20.6. The summed E-state index contributed by atoms with van der Waals surface area (Å²) in [6, 6.07) is 12.6. The standard InChI is InChI=1S/C27H34FN5O/c1-18-8-6-9-19(2)32(18)14-4-3-5-15-33-24-17-22(28)12-13-23(24)31-25(27(33)34)20-10-7-11-21(16-20)26(29)30/h7,10-13,16-19H,3-6,8-9,14-15H2,1-2H3,(H3,29,30)/t18-,19+. The molecule has 180 valence electrons. The van der Waals surface area contributed by atoms with E-state index in [9.17, 15) is 9.18 Å². The Hall–Kier alpha value is -3.06. The van der Waals surface area contributed by atoms with Crippen molar-refractivity contribution >= 4 is 16.9 Å². The molecular formula is C27H34FN5O. The third-order valence-corrected chi connectivity index (χ3v) is 7.03. The minimum Gasteiger partial charge on any atom is -0.384 e. The predicted octanol–water partition coefficient (Wildman–Crippen LogP) is 4.92. The second-order valence-corrected chi connectivity index (χ2v) is 9.47. The SMILES string of the molecule is C[C@@H]1CCC[C@H](C)N1CCCCCn1c(=O)c(-c2cccc(C(=N)N)c2)nc2ccc(F)cc21. The summed E-state index contributed by atoms with van der Waals surface area (Å²) < 4.78 is 15.7. The summed E-state index contributed by atoms with van der Waals surface area (Å²) in [5.74, 6) is -0.454. The number of halogens is 1. The van der Waals surface area contributed by atoms with E-state index in [0.29, 0.717) is 40.8 Å². The van der Waals surface area contributed by atoms with Crippen LogP contribution in [0.4, 0.5) is 4.39 Å². The molecule has 3 N–H and O–H groups in total. The lowest BCUT2D eigenvalue weighted by molar-refractivity contribution is 0.101. The van der Waals surface area contributed by atoms with Crippen molar-refractivity contribution in [3.8, 4) is 11.3 Å². The minimum atomic E-state index is -0.387. The number of nitrogens with one attached hydrogen (secondary N) is 1. The van der Waals surface area contributed by atoms with Crippen molar-refractivity contribution in [2.24, 2.45) is 5.73 Å². The Morgan fingerprint density at radius 1 is 1.09 bits per heavy atom. The largest absolute Gasteiger partial charge is 0.384 e. The normalized spacial score (nSPS) is 18.9. The molecule has 2 atom stereocenters. The van der Waals surface area contributed by atoms with Crippen molar-refractivity contribution in [2.45, 2.75) is 71.0 Å². The number of unbranched alkanes of at least 4 members (excludes halogenated alkanes) is 2. The van der Waals surface area contributed by atoms with Crippen LogP contribution in [0.2, 0.25) is 0 Å². The Morgan fingerprint density at radius 2 is 1.82 bits per heavy atom. The van der Waals surface area contributed by atoms with Gasteiger partial charge in [0.05, 0.1) is 11.0 Å². The van der Waals surface area contributed by atoms with Crippen LogP contribution in [0.15, 0.2) is 47.3 Å². The van der Waals surface area contributed by atoms with Crippen LogP contribution < -0.4 is 11.3 Å². The number of rotatable bonds is 8. The number of hydrogen-bond acceptors (Lipinski definition) is 4. The van der Waals surface area contributed by atoms with Crippen LogP contribution in [0.25, 0.3) is 22.3 Å². The maximum atomic E-state index is 14.0. The molecule has 1 aromatic heterocycles. The smallest absolute Gasteiger partial charge is 0.277 e. The molecule has 4 rings (SSSR count). The molecule has 0 radical (unpaired) electrons. The monoisotopic (exact) mass is 463 g/mol. The lowest BCUT2D eigenvalue weighted by Gasteiger charge is -2.39. The lowest BCUT2D eigenvalue weighted by Crippen LogP contribution is -2.44. The number of nitrogens with zero attached hydrogens (tertiary/aromatic N) is 3. The van der Waals surface area contributed by atoms with Gasteiger partial charge in [-0.15, -0.1) is 0 Å². The van der Waals surface area contributed by atoms with E-state index < -0.39 is 0 Å². The first-order valence-corrected chi connectivity index (χ1v) is 12.3. The quantitative estimate of drug-likeness (QED) is 0.282. The molecule has 7 heteroatoms. The first kappa shape index (κ1) is 24.1. The van der Waals surface area contributed by atoms with Gasteiger partial charge in [0.2, 0.25) is 0 Å². The highest BCUT2D eigenvalue weighted by molar-refractivity contribution is 5.96. The molecule has 1 aliphatic heterocycles. The molecular weight excluding hydrogens is 429 g/mol. The predicted molar refractivity (Wildman–Crippen MR) is 136 cm³/mol. The molecule has 1 saturated heterocycles. The number of fused-ring (bicyclic) bond motifs is 1. The van der Waals surface area contributed by atoms with Gasteiger partial charge in [0, 0.05) is 29.8 Å². The molecule has 1 fully saturated rings. The first-order valence-electron chi connectivity index (χ1n) is 12.3. The van der Waals surface area contributed by atoms with E-state index in [-0.39, 0.29) is 22.9 Å². The maximum Gasteiger partial charge on any atom is 0.277 e. The van der Waals surface area contributed by atoms with E-state index in [4.69, 9.17) is 11.1 Å². The second-order valence-electron chi connectivity index (χ2n) is 9.47. The Kier molecular flexibility index (Phi) is 7.41. The Bertz CT molecular complexity index is 1230. The second kappa shape index (κ2) is 10.5. The van der Waals surface area contributed by atoms with Crippen molar-refractivity contribution < 1.29 is 4.39 Å². The number of piperidine rings is 1. The molecule has 0 aliphatic carbocycles. The summed E-state index contributed by atoms with van der Waals surface area (Å²) in [5, 5.41) is 7.70. The van der Waals surface area contributed by atoms with Crippen LogP contribution in [0, 0.1) is 11.2 Å². The molecule has 0 unspecified atom stereocenters. The topological polar surface area (TPSA) is 88.0 Å². The van der Waals surface area contributed by atoms with Gasteiger partial charge in [-0.2, -0.15) is 0 Å². The van der Waals surface area contributed by atoms with Crippen molar-refractivity contribution in [1.82, 2.24) is 14.5 Å². The van der Waals surface area contributed by atoms with Gasteiger partial charge >= 0.3 is 0 Å². The Balaban J connectivity index is 1.56. The van der Waals surface area contributed by atoms with E-state index in [0.717, 1.165) is 25.8 Å². The summed E-state index contributed by atoms with van der Waals surface area (Å²) in [7, 11) is 0. The van der Waals surface area contributed by atoms with Crippen molar-refractivity contribution in [1.29, 1.82) is 5.41 Å². The number of likely N-dealkylation sites (tertiary alicyclic amines) is 1. The van der Waals surface area contributed by atoms with Gasteiger partial charge in [-0.25, -0.2) is 9.37 Å². The lowest BCUT2D eigenvalue weighted by atomic mass is 9.97. The average Bonchev–Trinajstić information content (AvgIpc) is 2.81. The molecule has 34 heavy (non-hydrogen) atoms. The number of aryl methyl sites for hydroxylation is 1. The molecule has 0 bridgehead atoms. The summed E-state index contributed by atoms with van der Waals surface area (Å²) in [5.41, 5.74) is 7.89. The number of aromatic nitrogens is 2. The van der Waals surface area contributed by atoms with Crippen LogP contribution in [-0.2, 0) is 6.54 Å². The van der Waals surface area contributed by atoms with Gasteiger partial charge < -0.3 is 10.3 Å². The van der Waals surface area contributed by atoms with Gasteiger partial charge in [-0.1, -0.05) is 31.0 Å². The van der Waals surface area contributed by atoms with E-state index >= 15 is 0 Å². The maximum absolute atomic E-state index is 14.0. The zero-order chi connectivity index (χ0) is 24.2. The van der Waals surface area contributed by atoms with Crippen LogP contribution in [0.5, 0.6) is 0 Å². The van der Waals surface area contributed by atoms with Gasteiger partial charge in [-0.05, 0) is 70.3 Å². The third-order valence-electron chi connectivity index (χ3n) is 7.03. The molecule has 6 nitrogen and oxygen atoms in total. The molecule has 2 aromatic carbocycles. The third kappa shape index (κ3) is 5.20. The van der Waals surface area contributed by atoms with Crippen LogP contribution in [0.1, 0.15) is 57.9 Å². The van der Waals surface area contributed by atoms with E-state index in [1.54, 1.807) is 34.9 Å². The Labute approximate surface area is 200 Å². The highest BCUT2D eigenvalue weighted by Crippen LogP contribution is 2.23. The molecule has 0 spiro atoms. The van der Waals surface area contributed by atoms with Crippen LogP contribution in [-0.4, -0.2) is 38.9 Å². The highest BCUT2D eigenvalue weighted by Gasteiger charge is 2.23. The zero-order valence-corrected chi connectivity index (χ0v) is 20.1. The summed E-state index contributed by atoms with van der Waals surface area (Å²) in [6.45, 7) is 6.21. The van der Waals surface area contributed by atoms with Gasteiger partial charge in [0.1, 0.15) is 17.3 Å². The van der Waals surface area contributed by atoms with Crippen LogP contribution in [0.3, 0.4) is 0 Å².